The van der Waals surface area contributed by atoms with Crippen molar-refractivity contribution in [3.8, 4) is 5.75 Å². The number of ether oxygens (including phenoxy) is 1. The number of allylic oxidation sites excluding steroid dienone is 1. The van der Waals surface area contributed by atoms with E-state index in [0.29, 0.717) is 11.8 Å². The topological polar surface area (TPSA) is 34.4 Å². The van der Waals surface area contributed by atoms with Gasteiger partial charge in [-0.3, -0.25) is 0 Å². The van der Waals surface area contributed by atoms with Crippen molar-refractivity contribution in [2.75, 3.05) is 20.2 Å². The average Bonchev–Trinajstić information content (AvgIpc) is 3.18. The number of halogens is 1. The quantitative estimate of drug-likeness (QED) is 0.239. The molecule has 3 nitrogen and oxygen atoms in total. The van der Waals surface area contributed by atoms with Crippen molar-refractivity contribution in [1.29, 1.82) is 0 Å². The summed E-state index contributed by atoms with van der Waals surface area (Å²) < 4.78 is 11.4. The van der Waals surface area contributed by atoms with Crippen LogP contribution in [0.3, 0.4) is 0 Å². The molecule has 1 aromatic heterocycles. The third-order valence-electron chi connectivity index (χ3n) is 5.32. The summed E-state index contributed by atoms with van der Waals surface area (Å²) in [5.41, 5.74) is 6.81. The van der Waals surface area contributed by atoms with E-state index in [1.807, 2.05) is 37.4 Å². The molecule has 3 aromatic carbocycles. The molecule has 0 aliphatic rings. The Balaban J connectivity index is 1.81. The number of benzene rings is 3. The van der Waals surface area contributed by atoms with Crippen molar-refractivity contribution in [2.45, 2.75) is 13.3 Å². The summed E-state index contributed by atoms with van der Waals surface area (Å²) in [6, 6.07) is 27.0. The van der Waals surface area contributed by atoms with Crippen LogP contribution >= 0.6 is 11.6 Å². The lowest BCUT2D eigenvalue weighted by atomic mass is 9.88. The molecule has 1 N–H and O–H groups in total. The Morgan fingerprint density at radius 3 is 2.32 bits per heavy atom. The predicted molar refractivity (Wildman–Crippen MR) is 130 cm³/mol. The van der Waals surface area contributed by atoms with Crippen LogP contribution in [-0.4, -0.2) is 20.2 Å². The Hall–Kier alpha value is -3.01. The minimum atomic E-state index is 0.409. The minimum Gasteiger partial charge on any atom is -0.492 e. The molecule has 0 unspecified atom stereocenters. The van der Waals surface area contributed by atoms with Crippen molar-refractivity contribution >= 4 is 33.7 Å². The van der Waals surface area contributed by atoms with E-state index in [1.165, 1.54) is 22.3 Å². The monoisotopic (exact) mass is 431 g/mol. The van der Waals surface area contributed by atoms with E-state index < -0.39 is 0 Å². The summed E-state index contributed by atoms with van der Waals surface area (Å²) in [6.45, 7) is 3.65. The van der Waals surface area contributed by atoms with Gasteiger partial charge in [0.25, 0.3) is 0 Å². The van der Waals surface area contributed by atoms with Gasteiger partial charge < -0.3 is 14.5 Å². The first-order valence-electron chi connectivity index (χ1n) is 10.6. The van der Waals surface area contributed by atoms with Crippen LogP contribution in [0, 0.1) is 0 Å². The molecule has 0 atom stereocenters. The van der Waals surface area contributed by atoms with E-state index in [1.54, 1.807) is 0 Å². The molecule has 0 spiro atoms. The Bertz CT molecular complexity index is 1180. The first kappa shape index (κ1) is 21.2. The van der Waals surface area contributed by atoms with E-state index in [0.717, 1.165) is 35.2 Å². The molecule has 0 amide bonds. The van der Waals surface area contributed by atoms with Gasteiger partial charge in [-0.25, -0.2) is 0 Å². The van der Waals surface area contributed by atoms with Gasteiger partial charge in [0.2, 0.25) is 0 Å². The molecular formula is C27H26ClNO2. The van der Waals surface area contributed by atoms with Crippen LogP contribution < -0.4 is 10.1 Å². The third-order valence-corrected chi connectivity index (χ3v) is 5.50. The van der Waals surface area contributed by atoms with Gasteiger partial charge in [0.15, 0.2) is 5.22 Å². The van der Waals surface area contributed by atoms with Gasteiger partial charge in [-0.05, 0) is 77.2 Å². The number of fused-ring (bicyclic) bond motifs is 1. The molecule has 4 rings (SSSR count). The minimum absolute atomic E-state index is 0.409. The molecule has 4 aromatic rings. The maximum atomic E-state index is 6.07. The summed E-state index contributed by atoms with van der Waals surface area (Å²) in [6.07, 6.45) is 0.891. The smallest absolute Gasteiger partial charge is 0.194 e. The SMILES string of the molecule is CC/C(=C(\c1ccccc1)c1ccc(OCCNC)cc1)c1ccc2oc(Cl)cc2c1. The molecule has 0 fully saturated rings. The summed E-state index contributed by atoms with van der Waals surface area (Å²) in [5.74, 6) is 0.874. The number of nitrogens with one attached hydrogen (secondary N) is 1. The highest BCUT2D eigenvalue weighted by Gasteiger charge is 2.14. The lowest BCUT2D eigenvalue weighted by molar-refractivity contribution is 0.318. The zero-order chi connectivity index (χ0) is 21.6. The lowest BCUT2D eigenvalue weighted by Gasteiger charge is -2.17. The highest BCUT2D eigenvalue weighted by Crippen LogP contribution is 2.36. The Labute approximate surface area is 188 Å². The van der Waals surface area contributed by atoms with Crippen molar-refractivity contribution in [1.82, 2.24) is 5.32 Å². The molecule has 0 saturated carbocycles. The second-order valence-corrected chi connectivity index (χ2v) is 7.73. The van der Waals surface area contributed by atoms with E-state index in [4.69, 9.17) is 20.8 Å². The normalized spacial score (nSPS) is 12.1. The van der Waals surface area contributed by atoms with Gasteiger partial charge in [0.05, 0.1) is 0 Å². The van der Waals surface area contributed by atoms with Crippen LogP contribution in [0.25, 0.3) is 22.1 Å². The number of hydrogen-bond donors (Lipinski definition) is 1. The summed E-state index contributed by atoms with van der Waals surface area (Å²) >= 11 is 6.07. The maximum absolute atomic E-state index is 6.07. The summed E-state index contributed by atoms with van der Waals surface area (Å²) in [4.78, 5) is 0. The van der Waals surface area contributed by atoms with Crippen molar-refractivity contribution in [3.05, 3.63) is 101 Å². The highest BCUT2D eigenvalue weighted by molar-refractivity contribution is 6.29. The zero-order valence-corrected chi connectivity index (χ0v) is 18.6. The molecule has 158 valence electrons. The van der Waals surface area contributed by atoms with Crippen molar-refractivity contribution < 1.29 is 9.15 Å². The Morgan fingerprint density at radius 2 is 1.61 bits per heavy atom. The fourth-order valence-electron chi connectivity index (χ4n) is 3.83. The molecule has 31 heavy (non-hydrogen) atoms. The van der Waals surface area contributed by atoms with E-state index in [9.17, 15) is 0 Å². The summed E-state index contributed by atoms with van der Waals surface area (Å²) in [5, 5.41) is 4.51. The fraction of sp³-hybridized carbons (Fsp3) is 0.185. The van der Waals surface area contributed by atoms with Crippen molar-refractivity contribution in [2.24, 2.45) is 0 Å². The third kappa shape index (κ3) is 4.84. The molecule has 0 radical (unpaired) electrons. The first-order valence-corrected chi connectivity index (χ1v) is 10.9. The molecule has 0 bridgehead atoms. The largest absolute Gasteiger partial charge is 0.492 e. The van der Waals surface area contributed by atoms with E-state index in [-0.39, 0.29) is 0 Å². The van der Waals surface area contributed by atoms with Gasteiger partial charge in [0, 0.05) is 18.0 Å². The molecule has 0 saturated heterocycles. The Morgan fingerprint density at radius 1 is 0.903 bits per heavy atom. The fourth-order valence-corrected chi connectivity index (χ4v) is 4.03. The van der Waals surface area contributed by atoms with Gasteiger partial charge in [-0.1, -0.05) is 55.5 Å². The standard InChI is InChI=1S/C27H26ClNO2/c1-3-24(21-11-14-25-22(17-21)18-26(28)31-25)27(19-7-5-4-6-8-19)20-9-12-23(13-10-20)30-16-15-29-2/h4-14,17-18,29H,3,15-16H2,1-2H3/b27-24-. The number of furan rings is 1. The maximum Gasteiger partial charge on any atom is 0.194 e. The molecular weight excluding hydrogens is 406 g/mol. The van der Waals surface area contributed by atoms with Gasteiger partial charge in [-0.15, -0.1) is 0 Å². The molecule has 0 aliphatic heterocycles. The predicted octanol–water partition coefficient (Wildman–Crippen LogP) is 7.05. The van der Waals surface area contributed by atoms with Gasteiger partial charge >= 0.3 is 0 Å². The van der Waals surface area contributed by atoms with Crippen molar-refractivity contribution in [3.63, 3.8) is 0 Å². The van der Waals surface area contributed by atoms with Crippen LogP contribution in [0.2, 0.25) is 5.22 Å². The first-order chi connectivity index (χ1) is 15.2. The second-order valence-electron chi connectivity index (χ2n) is 7.35. The Kier molecular flexibility index (Phi) is 6.76. The molecule has 1 heterocycles. The average molecular weight is 432 g/mol. The van der Waals surface area contributed by atoms with Crippen LogP contribution in [0.4, 0.5) is 0 Å². The lowest BCUT2D eigenvalue weighted by Crippen LogP contribution is -2.15. The number of likely N-dealkylation sites (N-methyl/N-ethyl adjacent to an activating group) is 1. The molecule has 4 heteroatoms. The second kappa shape index (κ2) is 9.86. The van der Waals surface area contributed by atoms with E-state index >= 15 is 0 Å². The zero-order valence-electron chi connectivity index (χ0n) is 17.8. The van der Waals surface area contributed by atoms with Crippen LogP contribution in [-0.2, 0) is 0 Å². The molecule has 0 aliphatic carbocycles. The van der Waals surface area contributed by atoms with E-state index in [2.05, 4.69) is 60.8 Å². The van der Waals surface area contributed by atoms with Crippen LogP contribution in [0.1, 0.15) is 30.0 Å². The summed E-state index contributed by atoms with van der Waals surface area (Å²) in [7, 11) is 1.92. The van der Waals surface area contributed by atoms with Crippen LogP contribution in [0.5, 0.6) is 5.75 Å². The van der Waals surface area contributed by atoms with Gasteiger partial charge in [0.1, 0.15) is 17.9 Å². The van der Waals surface area contributed by atoms with Gasteiger partial charge in [-0.2, -0.15) is 0 Å². The highest BCUT2D eigenvalue weighted by atomic mass is 35.5. The number of hydrogen-bond acceptors (Lipinski definition) is 3. The van der Waals surface area contributed by atoms with Crippen LogP contribution in [0.15, 0.2) is 83.3 Å². The number of rotatable bonds is 8.